The molecule has 6 nitrogen and oxygen atoms in total. The molecule has 0 bridgehead atoms. The monoisotopic (exact) mass is 490 g/mol. The summed E-state index contributed by atoms with van der Waals surface area (Å²) in [7, 11) is 1.69. The van der Waals surface area contributed by atoms with E-state index in [1.54, 1.807) is 25.6 Å². The van der Waals surface area contributed by atoms with Crippen LogP contribution in [0.1, 0.15) is 28.4 Å². The molecule has 7 heteroatoms. The second kappa shape index (κ2) is 10.3. The minimum Gasteiger partial charge on any atom is -0.385 e. The second-order valence-electron chi connectivity index (χ2n) is 7.30. The lowest BCUT2D eigenvalue weighted by atomic mass is 10.0. The van der Waals surface area contributed by atoms with Crippen LogP contribution in [0.4, 0.5) is 11.5 Å². The number of halogens is 1. The van der Waals surface area contributed by atoms with Crippen LogP contribution in [-0.4, -0.2) is 29.6 Å². The molecule has 32 heavy (non-hydrogen) atoms. The van der Waals surface area contributed by atoms with E-state index in [1.807, 2.05) is 60.7 Å². The number of methoxy groups -OCH3 is 1. The molecule has 1 amide bonds. The molecule has 0 saturated carbocycles. The van der Waals surface area contributed by atoms with Crippen molar-refractivity contribution in [1.29, 1.82) is 0 Å². The van der Waals surface area contributed by atoms with Crippen LogP contribution in [-0.2, 0) is 4.74 Å². The van der Waals surface area contributed by atoms with Crippen molar-refractivity contribution in [3.8, 4) is 0 Å². The van der Waals surface area contributed by atoms with Crippen molar-refractivity contribution in [2.24, 2.45) is 0 Å². The first-order valence-corrected chi connectivity index (χ1v) is 11.1. The van der Waals surface area contributed by atoms with Crippen LogP contribution >= 0.6 is 15.9 Å². The van der Waals surface area contributed by atoms with E-state index >= 15 is 0 Å². The van der Waals surface area contributed by atoms with Gasteiger partial charge in [0.2, 0.25) is 0 Å². The Labute approximate surface area is 195 Å². The zero-order valence-corrected chi connectivity index (χ0v) is 19.2. The Morgan fingerprint density at radius 2 is 1.84 bits per heavy atom. The summed E-state index contributed by atoms with van der Waals surface area (Å²) in [6.45, 7) is 0.580. The lowest BCUT2D eigenvalue weighted by molar-refractivity contribution is 0.102. The Morgan fingerprint density at radius 3 is 2.66 bits per heavy atom. The predicted octanol–water partition coefficient (Wildman–Crippen LogP) is 5.83. The van der Waals surface area contributed by atoms with Gasteiger partial charge < -0.3 is 15.4 Å². The van der Waals surface area contributed by atoms with Crippen LogP contribution in [0.2, 0.25) is 0 Å². The number of nitrogens with one attached hydrogen (secondary N) is 2. The number of hydrogen-bond acceptors (Lipinski definition) is 5. The Hall–Kier alpha value is -3.29. The van der Waals surface area contributed by atoms with Gasteiger partial charge in [0.25, 0.3) is 5.91 Å². The number of rotatable bonds is 8. The third-order valence-corrected chi connectivity index (χ3v) is 5.65. The molecule has 4 rings (SSSR count). The summed E-state index contributed by atoms with van der Waals surface area (Å²) in [5, 5.41) is 7.48. The van der Waals surface area contributed by atoms with Gasteiger partial charge in [0.1, 0.15) is 12.1 Å². The average molecular weight is 491 g/mol. The van der Waals surface area contributed by atoms with E-state index in [1.165, 1.54) is 0 Å². The van der Waals surface area contributed by atoms with Gasteiger partial charge in [0.05, 0.1) is 11.6 Å². The van der Waals surface area contributed by atoms with Crippen LogP contribution < -0.4 is 10.6 Å². The highest BCUT2D eigenvalue weighted by atomic mass is 79.9. The molecule has 1 unspecified atom stereocenters. The fourth-order valence-electron chi connectivity index (χ4n) is 3.48. The number of carbonyl (C=O) groups is 1. The number of carbonyl (C=O) groups excluding carboxylic acids is 1. The Morgan fingerprint density at radius 1 is 1.03 bits per heavy atom. The molecule has 1 aromatic heterocycles. The van der Waals surface area contributed by atoms with Gasteiger partial charge in [0.15, 0.2) is 0 Å². The molecule has 0 radical (unpaired) electrons. The lowest BCUT2D eigenvalue weighted by Gasteiger charge is -2.21. The fourth-order valence-corrected chi connectivity index (χ4v) is 3.74. The summed E-state index contributed by atoms with van der Waals surface area (Å²) in [5.74, 6) is 0.610. The van der Waals surface area contributed by atoms with Crippen LogP contribution in [0.15, 0.2) is 83.6 Å². The Balaban J connectivity index is 1.58. The number of fused-ring (bicyclic) bond motifs is 1. The van der Waals surface area contributed by atoms with Crippen molar-refractivity contribution in [2.45, 2.75) is 12.5 Å². The molecule has 0 aliphatic heterocycles. The maximum atomic E-state index is 12.6. The molecule has 1 heterocycles. The fraction of sp³-hybridized carbons (Fsp3) is 0.160. The van der Waals surface area contributed by atoms with Gasteiger partial charge in [-0.1, -0.05) is 40.2 Å². The summed E-state index contributed by atoms with van der Waals surface area (Å²) < 4.78 is 6.27. The van der Waals surface area contributed by atoms with Crippen LogP contribution in [0, 0.1) is 0 Å². The summed E-state index contributed by atoms with van der Waals surface area (Å²) in [6.07, 6.45) is 2.30. The number of hydrogen-bond donors (Lipinski definition) is 2. The van der Waals surface area contributed by atoms with E-state index in [0.717, 1.165) is 38.9 Å². The maximum absolute atomic E-state index is 12.6. The van der Waals surface area contributed by atoms with E-state index in [0.29, 0.717) is 12.2 Å². The largest absolute Gasteiger partial charge is 0.385 e. The van der Waals surface area contributed by atoms with Gasteiger partial charge in [0, 0.05) is 34.8 Å². The summed E-state index contributed by atoms with van der Waals surface area (Å²) in [4.78, 5) is 21.4. The smallest absolute Gasteiger partial charge is 0.255 e. The molecule has 0 fully saturated rings. The number of para-hydroxylation sites is 1. The van der Waals surface area contributed by atoms with E-state index < -0.39 is 0 Å². The maximum Gasteiger partial charge on any atom is 0.255 e. The van der Waals surface area contributed by atoms with Crippen molar-refractivity contribution >= 4 is 44.2 Å². The molecule has 4 aromatic rings. The number of nitrogens with zero attached hydrogens (tertiary/aromatic N) is 2. The van der Waals surface area contributed by atoms with Crippen LogP contribution in [0.25, 0.3) is 10.9 Å². The number of amides is 1. The van der Waals surface area contributed by atoms with Gasteiger partial charge in [-0.3, -0.25) is 4.79 Å². The highest BCUT2D eigenvalue weighted by Crippen LogP contribution is 2.28. The molecule has 1 atom stereocenters. The van der Waals surface area contributed by atoms with E-state index in [-0.39, 0.29) is 11.9 Å². The third kappa shape index (κ3) is 5.30. The van der Waals surface area contributed by atoms with Crippen LogP contribution in [0.3, 0.4) is 0 Å². The second-order valence-corrected chi connectivity index (χ2v) is 8.22. The molecular formula is C25H23BrN4O2. The minimum atomic E-state index is -0.155. The first kappa shape index (κ1) is 21.9. The van der Waals surface area contributed by atoms with Crippen molar-refractivity contribution in [3.63, 3.8) is 0 Å². The topological polar surface area (TPSA) is 76.1 Å². The van der Waals surface area contributed by atoms with Gasteiger partial charge in [-0.25, -0.2) is 9.97 Å². The predicted molar refractivity (Wildman–Crippen MR) is 131 cm³/mol. The molecule has 0 saturated heterocycles. The normalized spacial score (nSPS) is 11.8. The van der Waals surface area contributed by atoms with Gasteiger partial charge >= 0.3 is 0 Å². The van der Waals surface area contributed by atoms with E-state index in [9.17, 15) is 4.79 Å². The van der Waals surface area contributed by atoms with Crippen molar-refractivity contribution in [1.82, 2.24) is 9.97 Å². The highest BCUT2D eigenvalue weighted by Gasteiger charge is 2.15. The molecule has 2 N–H and O–H groups in total. The molecule has 0 aliphatic carbocycles. The quantitative estimate of drug-likeness (QED) is 0.324. The SMILES string of the molecule is COCCC(Nc1ncnc2ccccc12)c1cccc(NC(=O)c2ccc(Br)cc2)c1. The van der Waals surface area contributed by atoms with E-state index in [2.05, 4.69) is 36.5 Å². The molecular weight excluding hydrogens is 468 g/mol. The molecule has 0 aliphatic rings. The van der Waals surface area contributed by atoms with Crippen molar-refractivity contribution in [3.05, 3.63) is 94.7 Å². The zero-order chi connectivity index (χ0) is 22.3. The first-order chi connectivity index (χ1) is 15.6. The van der Waals surface area contributed by atoms with Crippen LogP contribution in [0.5, 0.6) is 0 Å². The third-order valence-electron chi connectivity index (χ3n) is 5.12. The zero-order valence-electron chi connectivity index (χ0n) is 17.6. The van der Waals surface area contributed by atoms with Crippen molar-refractivity contribution < 1.29 is 9.53 Å². The molecule has 0 spiro atoms. The van der Waals surface area contributed by atoms with Gasteiger partial charge in [-0.05, 0) is 60.5 Å². The van der Waals surface area contributed by atoms with E-state index in [4.69, 9.17) is 4.74 Å². The lowest BCUT2D eigenvalue weighted by Crippen LogP contribution is -2.16. The van der Waals surface area contributed by atoms with Crippen molar-refractivity contribution in [2.75, 3.05) is 24.4 Å². The number of anilines is 2. The molecule has 3 aromatic carbocycles. The summed E-state index contributed by atoms with van der Waals surface area (Å²) in [5.41, 5.74) is 3.23. The highest BCUT2D eigenvalue weighted by molar-refractivity contribution is 9.10. The standard InChI is InChI=1S/C25H23BrN4O2/c1-32-14-13-22(30-24-21-7-2-3-8-23(21)27-16-28-24)18-5-4-6-20(15-18)29-25(31)17-9-11-19(26)12-10-17/h2-12,15-16,22H,13-14H2,1H3,(H,29,31)(H,27,28,30). The Bertz CT molecular complexity index is 1210. The first-order valence-electron chi connectivity index (χ1n) is 10.3. The Kier molecular flexibility index (Phi) is 7.09. The summed E-state index contributed by atoms with van der Waals surface area (Å²) >= 11 is 3.39. The number of ether oxygens (including phenoxy) is 1. The average Bonchev–Trinajstić information content (AvgIpc) is 2.82. The van der Waals surface area contributed by atoms with Gasteiger partial charge in [-0.15, -0.1) is 0 Å². The number of aromatic nitrogens is 2. The molecule has 162 valence electrons. The number of benzene rings is 3. The summed E-state index contributed by atoms with van der Waals surface area (Å²) in [6, 6.07) is 22.9. The van der Waals surface area contributed by atoms with Gasteiger partial charge in [-0.2, -0.15) is 0 Å². The minimum absolute atomic E-state index is 0.0576.